The van der Waals surface area contributed by atoms with Gasteiger partial charge in [-0.3, -0.25) is 9.59 Å². The largest absolute Gasteiger partial charge is 0.486 e. The predicted octanol–water partition coefficient (Wildman–Crippen LogP) is 3.60. The van der Waals surface area contributed by atoms with Gasteiger partial charge in [0.05, 0.1) is 17.9 Å². The van der Waals surface area contributed by atoms with E-state index < -0.39 is 11.7 Å². The van der Waals surface area contributed by atoms with Gasteiger partial charge >= 0.3 is 0 Å². The topological polar surface area (TPSA) is 58.6 Å². The van der Waals surface area contributed by atoms with Crippen LogP contribution in [-0.4, -0.2) is 24.5 Å². The highest BCUT2D eigenvalue weighted by atomic mass is 19.1. The van der Waals surface area contributed by atoms with Crippen molar-refractivity contribution in [3.05, 3.63) is 53.8 Å². The number of fused-ring (bicyclic) bond motifs is 1. The van der Waals surface area contributed by atoms with Crippen molar-refractivity contribution in [2.45, 2.75) is 26.4 Å². The Morgan fingerprint density at radius 3 is 2.76 bits per heavy atom. The Labute approximate surface area is 145 Å². The molecule has 2 amide bonds. The zero-order valence-electron chi connectivity index (χ0n) is 14.1. The fraction of sp³-hybridized carbons (Fsp3) is 0.263. The molecule has 1 heterocycles. The van der Waals surface area contributed by atoms with Gasteiger partial charge in [-0.05, 0) is 36.8 Å². The number of hydrogen-bond donors (Lipinski definition) is 1. The van der Waals surface area contributed by atoms with E-state index in [4.69, 9.17) is 4.74 Å². The number of hydrogen-bond acceptors (Lipinski definition) is 3. The molecule has 0 saturated heterocycles. The maximum atomic E-state index is 13.8. The molecule has 25 heavy (non-hydrogen) atoms. The summed E-state index contributed by atoms with van der Waals surface area (Å²) in [6.45, 7) is 3.70. The first-order chi connectivity index (χ1) is 12.0. The number of carbonyl (C=O) groups is 2. The number of nitrogens with one attached hydrogen (secondary N) is 1. The molecule has 0 bridgehead atoms. The van der Waals surface area contributed by atoms with Crippen LogP contribution in [0, 0.1) is 5.82 Å². The minimum atomic E-state index is -0.583. The molecule has 0 aromatic heterocycles. The van der Waals surface area contributed by atoms with Crippen LogP contribution in [0.25, 0.3) is 0 Å². The van der Waals surface area contributed by atoms with Gasteiger partial charge in [0, 0.05) is 12.5 Å². The van der Waals surface area contributed by atoms with E-state index in [0.717, 1.165) is 6.42 Å². The number of nitrogens with zero attached hydrogens (tertiary/aromatic N) is 1. The summed E-state index contributed by atoms with van der Waals surface area (Å²) in [5.41, 5.74) is 0.978. The van der Waals surface area contributed by atoms with E-state index in [-0.39, 0.29) is 17.7 Å². The monoisotopic (exact) mass is 342 g/mol. The molecule has 6 heteroatoms. The number of rotatable bonds is 3. The van der Waals surface area contributed by atoms with Gasteiger partial charge in [-0.25, -0.2) is 4.39 Å². The average Bonchev–Trinajstić information content (AvgIpc) is 2.61. The van der Waals surface area contributed by atoms with Gasteiger partial charge in [0.2, 0.25) is 5.91 Å². The molecule has 1 aliphatic rings. The Morgan fingerprint density at radius 2 is 2.04 bits per heavy atom. The van der Waals surface area contributed by atoms with Crippen molar-refractivity contribution in [3.63, 3.8) is 0 Å². The van der Waals surface area contributed by atoms with Crippen LogP contribution in [0.3, 0.4) is 0 Å². The number of amides is 2. The van der Waals surface area contributed by atoms with Crippen LogP contribution in [0.1, 0.15) is 30.6 Å². The number of ether oxygens (including phenoxy) is 1. The standard InChI is InChI=1S/C19H19FN2O3/c1-3-14-11-22(17-6-4-5-7-18(17)25-14)19(24)13-8-9-15(20)16(10-13)21-12(2)23/h4-10,14H,3,11H2,1-2H3,(H,21,23). The molecule has 0 saturated carbocycles. The van der Waals surface area contributed by atoms with Crippen LogP contribution >= 0.6 is 0 Å². The van der Waals surface area contributed by atoms with Crippen molar-refractivity contribution in [1.29, 1.82) is 0 Å². The minimum Gasteiger partial charge on any atom is -0.486 e. The number of carbonyl (C=O) groups excluding carboxylic acids is 2. The first kappa shape index (κ1) is 17.0. The number of benzene rings is 2. The van der Waals surface area contributed by atoms with Crippen molar-refractivity contribution < 1.29 is 18.7 Å². The van der Waals surface area contributed by atoms with Crippen LogP contribution in [0.2, 0.25) is 0 Å². The third-order valence-electron chi connectivity index (χ3n) is 4.06. The van der Waals surface area contributed by atoms with Gasteiger partial charge in [0.25, 0.3) is 5.91 Å². The van der Waals surface area contributed by atoms with Gasteiger partial charge in [0.1, 0.15) is 17.7 Å². The normalized spacial score (nSPS) is 16.0. The fourth-order valence-electron chi connectivity index (χ4n) is 2.80. The molecular weight excluding hydrogens is 323 g/mol. The van der Waals surface area contributed by atoms with E-state index in [1.54, 1.807) is 4.90 Å². The minimum absolute atomic E-state index is 0.00747. The van der Waals surface area contributed by atoms with Crippen LogP contribution in [-0.2, 0) is 4.79 Å². The summed E-state index contributed by atoms with van der Waals surface area (Å²) in [6, 6.07) is 11.3. The lowest BCUT2D eigenvalue weighted by atomic mass is 10.1. The third kappa shape index (κ3) is 3.47. The number of anilines is 2. The summed E-state index contributed by atoms with van der Waals surface area (Å²) in [5.74, 6) is -0.592. The van der Waals surface area contributed by atoms with Gasteiger partial charge in [-0.1, -0.05) is 19.1 Å². The molecule has 3 rings (SSSR count). The zero-order valence-corrected chi connectivity index (χ0v) is 14.1. The van der Waals surface area contributed by atoms with Crippen LogP contribution in [0.5, 0.6) is 5.75 Å². The Hall–Kier alpha value is -2.89. The molecule has 5 nitrogen and oxygen atoms in total. The molecule has 130 valence electrons. The van der Waals surface area contributed by atoms with E-state index >= 15 is 0 Å². The second kappa shape index (κ2) is 6.93. The fourth-order valence-corrected chi connectivity index (χ4v) is 2.80. The van der Waals surface area contributed by atoms with E-state index in [9.17, 15) is 14.0 Å². The quantitative estimate of drug-likeness (QED) is 0.927. The molecule has 1 N–H and O–H groups in total. The highest BCUT2D eigenvalue weighted by molar-refractivity contribution is 6.08. The molecule has 1 unspecified atom stereocenters. The van der Waals surface area contributed by atoms with Crippen LogP contribution in [0.4, 0.5) is 15.8 Å². The van der Waals surface area contributed by atoms with E-state index in [2.05, 4.69) is 5.32 Å². The second-order valence-electron chi connectivity index (χ2n) is 5.91. The third-order valence-corrected chi connectivity index (χ3v) is 4.06. The van der Waals surface area contributed by atoms with Crippen LogP contribution < -0.4 is 15.0 Å². The maximum Gasteiger partial charge on any atom is 0.258 e. The van der Waals surface area contributed by atoms with E-state index in [1.807, 2.05) is 31.2 Å². The van der Waals surface area contributed by atoms with Gasteiger partial charge in [-0.15, -0.1) is 0 Å². The van der Waals surface area contributed by atoms with E-state index in [0.29, 0.717) is 23.5 Å². The molecule has 0 fully saturated rings. The van der Waals surface area contributed by atoms with Crippen LogP contribution in [0.15, 0.2) is 42.5 Å². The van der Waals surface area contributed by atoms with Crippen molar-refractivity contribution >= 4 is 23.2 Å². The molecule has 2 aromatic rings. The highest BCUT2D eigenvalue weighted by Gasteiger charge is 2.29. The lowest BCUT2D eigenvalue weighted by molar-refractivity contribution is -0.114. The average molecular weight is 342 g/mol. The maximum absolute atomic E-state index is 13.8. The zero-order chi connectivity index (χ0) is 18.0. The summed E-state index contributed by atoms with van der Waals surface area (Å²) in [5, 5.41) is 2.40. The summed E-state index contributed by atoms with van der Waals surface area (Å²) in [4.78, 5) is 25.8. The predicted molar refractivity (Wildman–Crippen MR) is 93.5 cm³/mol. The van der Waals surface area contributed by atoms with Crippen molar-refractivity contribution in [3.8, 4) is 5.75 Å². The molecular formula is C19H19FN2O3. The molecule has 0 radical (unpaired) electrons. The van der Waals surface area contributed by atoms with Gasteiger partial charge in [-0.2, -0.15) is 0 Å². The summed E-state index contributed by atoms with van der Waals surface area (Å²) in [6.07, 6.45) is 0.660. The first-order valence-corrected chi connectivity index (χ1v) is 8.14. The summed E-state index contributed by atoms with van der Waals surface area (Å²) >= 11 is 0. The molecule has 0 aliphatic carbocycles. The molecule has 1 atom stereocenters. The molecule has 1 aliphatic heterocycles. The Bertz CT molecular complexity index is 822. The number of halogens is 1. The highest BCUT2D eigenvalue weighted by Crippen LogP contribution is 2.35. The molecule has 0 spiro atoms. The molecule has 2 aromatic carbocycles. The Morgan fingerprint density at radius 1 is 1.28 bits per heavy atom. The smallest absolute Gasteiger partial charge is 0.258 e. The van der Waals surface area contributed by atoms with Crippen molar-refractivity contribution in [2.75, 3.05) is 16.8 Å². The lowest BCUT2D eigenvalue weighted by Gasteiger charge is -2.34. The SMILES string of the molecule is CCC1CN(C(=O)c2ccc(F)c(NC(C)=O)c2)c2ccccc2O1. The van der Waals surface area contributed by atoms with Crippen molar-refractivity contribution in [1.82, 2.24) is 0 Å². The van der Waals surface area contributed by atoms with Crippen molar-refractivity contribution in [2.24, 2.45) is 0 Å². The first-order valence-electron chi connectivity index (χ1n) is 8.14. The second-order valence-corrected chi connectivity index (χ2v) is 5.91. The summed E-state index contributed by atoms with van der Waals surface area (Å²) in [7, 11) is 0. The van der Waals surface area contributed by atoms with Gasteiger partial charge in [0.15, 0.2) is 0 Å². The van der Waals surface area contributed by atoms with E-state index in [1.165, 1.54) is 25.1 Å². The summed E-state index contributed by atoms with van der Waals surface area (Å²) < 4.78 is 19.7. The van der Waals surface area contributed by atoms with Gasteiger partial charge < -0.3 is 15.0 Å². The Kier molecular flexibility index (Phi) is 4.70. The lowest BCUT2D eigenvalue weighted by Crippen LogP contribution is -2.43. The Balaban J connectivity index is 1.96. The number of para-hydroxylation sites is 2.